The quantitative estimate of drug-likeness (QED) is 0.809. The van der Waals surface area contributed by atoms with E-state index < -0.39 is 11.9 Å². The van der Waals surface area contributed by atoms with Gasteiger partial charge in [-0.3, -0.25) is 4.79 Å². The Balaban J connectivity index is 2.96. The van der Waals surface area contributed by atoms with Crippen LogP contribution in [0, 0.1) is 0 Å². The van der Waals surface area contributed by atoms with Crippen LogP contribution in [0.5, 0.6) is 5.75 Å². The highest BCUT2D eigenvalue weighted by Crippen LogP contribution is 2.22. The Morgan fingerprint density at radius 1 is 1.33 bits per heavy atom. The number of carbonyl (C=O) groups excluding carboxylic acids is 1. The molecule has 1 rings (SSSR count). The number of carboxylic acid groups (broad SMARTS) is 1. The molecule has 5 heteroatoms. The van der Waals surface area contributed by atoms with Crippen molar-refractivity contribution in [3.63, 3.8) is 0 Å². The molecule has 0 unspecified atom stereocenters. The molecule has 0 aliphatic carbocycles. The number of carbonyl (C=O) groups is 2. The van der Waals surface area contributed by atoms with E-state index in [0.29, 0.717) is 16.9 Å². The van der Waals surface area contributed by atoms with E-state index in [9.17, 15) is 9.59 Å². The summed E-state index contributed by atoms with van der Waals surface area (Å²) in [5.74, 6) is -0.870. The third kappa shape index (κ3) is 3.62. The van der Waals surface area contributed by atoms with Crippen LogP contribution in [0.25, 0.3) is 6.08 Å². The second-order valence-corrected chi connectivity index (χ2v) is 3.45. The highest BCUT2D eigenvalue weighted by Gasteiger charge is 2.08. The Kier molecular flexibility index (Phi) is 4.92. The lowest BCUT2D eigenvalue weighted by Gasteiger charge is -2.06. The van der Waals surface area contributed by atoms with Gasteiger partial charge in [0.2, 0.25) is 0 Å². The summed E-state index contributed by atoms with van der Waals surface area (Å²) in [6.07, 6.45) is 3.08. The predicted octanol–water partition coefficient (Wildman–Crippen LogP) is 1.97. The van der Waals surface area contributed by atoms with Gasteiger partial charge in [0.25, 0.3) is 0 Å². The number of aliphatic carboxylic acids is 1. The Morgan fingerprint density at radius 3 is 2.61 bits per heavy atom. The summed E-state index contributed by atoms with van der Waals surface area (Å²) in [5.41, 5.74) is 1.08. The number of rotatable bonds is 5. The fourth-order valence-electron chi connectivity index (χ4n) is 1.38. The molecule has 0 fully saturated rings. The van der Waals surface area contributed by atoms with Crippen LogP contribution in [0.1, 0.15) is 22.3 Å². The minimum atomic E-state index is -0.906. The number of hydrogen-bond donors (Lipinski definition) is 1. The van der Waals surface area contributed by atoms with Gasteiger partial charge < -0.3 is 14.6 Å². The highest BCUT2D eigenvalue weighted by molar-refractivity contribution is 5.90. The Labute approximate surface area is 105 Å². The van der Waals surface area contributed by atoms with Gasteiger partial charge in [-0.2, -0.15) is 0 Å². The second kappa shape index (κ2) is 6.44. The summed E-state index contributed by atoms with van der Waals surface area (Å²) in [6.45, 7) is 0. The maximum Gasteiger partial charge on any atom is 0.337 e. The smallest absolute Gasteiger partial charge is 0.337 e. The van der Waals surface area contributed by atoms with Crippen LogP contribution in [0.3, 0.4) is 0 Å². The van der Waals surface area contributed by atoms with E-state index in [4.69, 9.17) is 9.84 Å². The molecule has 0 heterocycles. The van der Waals surface area contributed by atoms with Crippen molar-refractivity contribution in [1.29, 1.82) is 0 Å². The summed E-state index contributed by atoms with van der Waals surface area (Å²) in [5, 5.41) is 8.52. The van der Waals surface area contributed by atoms with Crippen LogP contribution < -0.4 is 4.74 Å². The molecule has 0 bridgehead atoms. The Hall–Kier alpha value is -2.30. The molecule has 0 saturated carbocycles. The van der Waals surface area contributed by atoms with Crippen molar-refractivity contribution in [3.8, 4) is 5.75 Å². The van der Waals surface area contributed by atoms with E-state index in [2.05, 4.69) is 4.74 Å². The van der Waals surface area contributed by atoms with Gasteiger partial charge in [-0.15, -0.1) is 0 Å². The summed E-state index contributed by atoms with van der Waals surface area (Å²) in [7, 11) is 2.78. The molecule has 0 aliphatic rings. The summed E-state index contributed by atoms with van der Waals surface area (Å²) in [6, 6.07) is 4.81. The first-order valence-electron chi connectivity index (χ1n) is 5.23. The molecule has 1 aromatic rings. The van der Waals surface area contributed by atoms with Crippen molar-refractivity contribution in [3.05, 3.63) is 35.4 Å². The molecule has 0 amide bonds. The van der Waals surface area contributed by atoms with Crippen LogP contribution in [0.4, 0.5) is 0 Å². The first-order chi connectivity index (χ1) is 8.58. The van der Waals surface area contributed by atoms with Crippen molar-refractivity contribution in [2.75, 3.05) is 14.2 Å². The number of esters is 1. The average Bonchev–Trinajstić information content (AvgIpc) is 2.37. The van der Waals surface area contributed by atoms with Gasteiger partial charge >= 0.3 is 11.9 Å². The van der Waals surface area contributed by atoms with Crippen LogP contribution in [0.2, 0.25) is 0 Å². The molecule has 0 atom stereocenters. The van der Waals surface area contributed by atoms with E-state index in [1.54, 1.807) is 24.3 Å². The molecule has 0 spiro atoms. The molecule has 0 saturated heterocycles. The highest BCUT2D eigenvalue weighted by atomic mass is 16.5. The van der Waals surface area contributed by atoms with Gasteiger partial charge in [0, 0.05) is 5.56 Å². The van der Waals surface area contributed by atoms with E-state index in [0.717, 1.165) is 0 Å². The molecule has 0 aromatic heterocycles. The number of carboxylic acids is 1. The fourth-order valence-corrected chi connectivity index (χ4v) is 1.38. The van der Waals surface area contributed by atoms with Crippen LogP contribution in [-0.4, -0.2) is 31.3 Å². The fraction of sp³-hybridized carbons (Fsp3) is 0.231. The van der Waals surface area contributed by atoms with Gasteiger partial charge in [-0.25, -0.2) is 4.79 Å². The number of hydrogen-bond acceptors (Lipinski definition) is 4. The third-order valence-corrected chi connectivity index (χ3v) is 2.24. The molecular formula is C13H14O5. The SMILES string of the molecule is COC(=O)c1ccc(C=CCC(=O)O)c(OC)c1. The molecule has 0 aliphatic heterocycles. The zero-order valence-electron chi connectivity index (χ0n) is 10.2. The largest absolute Gasteiger partial charge is 0.496 e. The molecule has 1 N–H and O–H groups in total. The topological polar surface area (TPSA) is 72.8 Å². The number of methoxy groups -OCH3 is 2. The number of ether oxygens (including phenoxy) is 2. The van der Waals surface area contributed by atoms with E-state index in [1.807, 2.05) is 0 Å². The maximum atomic E-state index is 11.3. The first kappa shape index (κ1) is 13.8. The minimum absolute atomic E-state index is 0.0676. The summed E-state index contributed by atoms with van der Waals surface area (Å²) < 4.78 is 9.73. The molecular weight excluding hydrogens is 236 g/mol. The summed E-state index contributed by atoms with van der Waals surface area (Å²) in [4.78, 5) is 21.7. The zero-order valence-corrected chi connectivity index (χ0v) is 10.2. The van der Waals surface area contributed by atoms with E-state index in [-0.39, 0.29) is 6.42 Å². The standard InChI is InChI=1S/C13H14O5/c1-17-11-8-10(13(16)18-2)7-6-9(11)4-3-5-12(14)15/h3-4,6-8H,5H2,1-2H3,(H,14,15). The lowest BCUT2D eigenvalue weighted by Crippen LogP contribution is -2.01. The zero-order chi connectivity index (χ0) is 13.5. The normalized spacial score (nSPS) is 10.3. The van der Waals surface area contributed by atoms with Gasteiger partial charge in [0.1, 0.15) is 5.75 Å². The molecule has 1 aromatic carbocycles. The second-order valence-electron chi connectivity index (χ2n) is 3.45. The van der Waals surface area contributed by atoms with Crippen molar-refractivity contribution < 1.29 is 24.2 Å². The lowest BCUT2D eigenvalue weighted by atomic mass is 10.1. The van der Waals surface area contributed by atoms with Gasteiger partial charge in [0.05, 0.1) is 26.2 Å². The molecule has 5 nitrogen and oxygen atoms in total. The van der Waals surface area contributed by atoms with Crippen molar-refractivity contribution >= 4 is 18.0 Å². The third-order valence-electron chi connectivity index (χ3n) is 2.24. The van der Waals surface area contributed by atoms with Crippen molar-refractivity contribution in [2.45, 2.75) is 6.42 Å². The van der Waals surface area contributed by atoms with Gasteiger partial charge in [-0.1, -0.05) is 18.2 Å². The minimum Gasteiger partial charge on any atom is -0.496 e. The Morgan fingerprint density at radius 2 is 2.06 bits per heavy atom. The van der Waals surface area contributed by atoms with Gasteiger partial charge in [-0.05, 0) is 12.1 Å². The molecule has 96 valence electrons. The van der Waals surface area contributed by atoms with Crippen LogP contribution >= 0.6 is 0 Å². The van der Waals surface area contributed by atoms with Crippen LogP contribution in [0.15, 0.2) is 24.3 Å². The molecule has 18 heavy (non-hydrogen) atoms. The summed E-state index contributed by atoms with van der Waals surface area (Å²) >= 11 is 0. The Bertz CT molecular complexity index is 476. The average molecular weight is 250 g/mol. The predicted molar refractivity (Wildman–Crippen MR) is 65.6 cm³/mol. The van der Waals surface area contributed by atoms with Crippen LogP contribution in [-0.2, 0) is 9.53 Å². The van der Waals surface area contributed by atoms with E-state index in [1.165, 1.54) is 20.3 Å². The van der Waals surface area contributed by atoms with Crippen molar-refractivity contribution in [2.24, 2.45) is 0 Å². The molecule has 0 radical (unpaired) electrons. The maximum absolute atomic E-state index is 11.3. The number of benzene rings is 1. The van der Waals surface area contributed by atoms with Gasteiger partial charge in [0.15, 0.2) is 0 Å². The van der Waals surface area contributed by atoms with E-state index >= 15 is 0 Å². The lowest BCUT2D eigenvalue weighted by molar-refractivity contribution is -0.135. The monoisotopic (exact) mass is 250 g/mol. The van der Waals surface area contributed by atoms with Crippen molar-refractivity contribution in [1.82, 2.24) is 0 Å². The first-order valence-corrected chi connectivity index (χ1v) is 5.23.